The maximum atomic E-state index is 12.9. The molecule has 1 fully saturated rings. The van der Waals surface area contributed by atoms with Crippen LogP contribution in [-0.2, 0) is 0 Å². The van der Waals surface area contributed by atoms with Gasteiger partial charge in [0.05, 0.1) is 5.69 Å². The van der Waals surface area contributed by atoms with Crippen LogP contribution in [0.1, 0.15) is 20.0 Å². The lowest BCUT2D eigenvalue weighted by molar-refractivity contribution is 0.0538. The van der Waals surface area contributed by atoms with Crippen molar-refractivity contribution in [2.45, 2.75) is 0 Å². The van der Waals surface area contributed by atoms with E-state index in [9.17, 15) is 9.59 Å². The van der Waals surface area contributed by atoms with Crippen molar-refractivity contribution in [3.8, 4) is 5.69 Å². The molecule has 0 saturated carbocycles. The third-order valence-electron chi connectivity index (χ3n) is 4.60. The van der Waals surface area contributed by atoms with E-state index in [2.05, 4.69) is 0 Å². The molecule has 3 heterocycles. The van der Waals surface area contributed by atoms with E-state index in [4.69, 9.17) is 0 Å². The molecule has 3 aromatic rings. The Morgan fingerprint density at radius 1 is 0.769 bits per heavy atom. The summed E-state index contributed by atoms with van der Waals surface area (Å²) in [4.78, 5) is 29.9. The van der Waals surface area contributed by atoms with E-state index in [0.717, 1.165) is 10.6 Å². The van der Waals surface area contributed by atoms with Crippen LogP contribution in [0.2, 0.25) is 0 Å². The van der Waals surface area contributed by atoms with Crippen molar-refractivity contribution < 1.29 is 9.59 Å². The van der Waals surface area contributed by atoms with Crippen LogP contribution in [0.5, 0.6) is 0 Å². The topological polar surface area (TPSA) is 45.6 Å². The highest BCUT2D eigenvalue weighted by Crippen LogP contribution is 2.24. The maximum Gasteiger partial charge on any atom is 0.266 e. The number of aromatic nitrogens is 1. The van der Waals surface area contributed by atoms with Crippen molar-refractivity contribution >= 4 is 23.2 Å². The Kier molecular flexibility index (Phi) is 4.58. The van der Waals surface area contributed by atoms with E-state index in [-0.39, 0.29) is 11.8 Å². The molecule has 0 bridgehead atoms. The number of hydrogen-bond donors (Lipinski definition) is 0. The molecule has 26 heavy (non-hydrogen) atoms. The number of rotatable bonds is 3. The summed E-state index contributed by atoms with van der Waals surface area (Å²) in [6, 6.07) is 15.1. The molecule has 0 unspecified atom stereocenters. The first-order valence-electron chi connectivity index (χ1n) is 8.58. The summed E-state index contributed by atoms with van der Waals surface area (Å²) in [5, 5.41) is 1.94. The molecule has 4 rings (SSSR count). The molecular formula is C20H19N3O2S. The molecule has 1 saturated heterocycles. The predicted molar refractivity (Wildman–Crippen MR) is 102 cm³/mol. The fourth-order valence-electron chi connectivity index (χ4n) is 3.18. The zero-order chi connectivity index (χ0) is 17.9. The molecule has 1 aliphatic heterocycles. The quantitative estimate of drug-likeness (QED) is 0.716. The summed E-state index contributed by atoms with van der Waals surface area (Å²) in [7, 11) is 0. The number of carbonyl (C=O) groups excluding carboxylic acids is 2. The summed E-state index contributed by atoms with van der Waals surface area (Å²) in [6.45, 7) is 2.23. The molecule has 0 N–H and O–H groups in total. The van der Waals surface area contributed by atoms with Crippen LogP contribution < -0.4 is 0 Å². The van der Waals surface area contributed by atoms with E-state index >= 15 is 0 Å². The minimum atomic E-state index is 0.0295. The van der Waals surface area contributed by atoms with Gasteiger partial charge in [0.15, 0.2) is 0 Å². The molecule has 0 radical (unpaired) electrons. The fraction of sp³-hybridized carbons (Fsp3) is 0.200. The van der Waals surface area contributed by atoms with Gasteiger partial charge in [-0.2, -0.15) is 0 Å². The first-order valence-corrected chi connectivity index (χ1v) is 9.46. The van der Waals surface area contributed by atoms with Gasteiger partial charge in [0, 0.05) is 44.1 Å². The van der Waals surface area contributed by atoms with E-state index < -0.39 is 0 Å². The van der Waals surface area contributed by atoms with Gasteiger partial charge in [-0.15, -0.1) is 11.3 Å². The summed E-state index contributed by atoms with van der Waals surface area (Å²) < 4.78 is 1.96. The minimum absolute atomic E-state index is 0.0295. The number of hydrogen-bond acceptors (Lipinski definition) is 3. The first-order chi connectivity index (χ1) is 12.7. The van der Waals surface area contributed by atoms with E-state index in [1.807, 2.05) is 80.7 Å². The van der Waals surface area contributed by atoms with Crippen molar-refractivity contribution in [3.63, 3.8) is 0 Å². The number of amides is 2. The highest BCUT2D eigenvalue weighted by molar-refractivity contribution is 7.12. The Hall–Kier alpha value is -2.86. The highest BCUT2D eigenvalue weighted by atomic mass is 32.1. The minimum Gasteiger partial charge on any atom is -0.335 e. The molecule has 6 heteroatoms. The molecular weight excluding hydrogens is 346 g/mol. The van der Waals surface area contributed by atoms with Crippen molar-refractivity contribution in [1.82, 2.24) is 14.4 Å². The summed E-state index contributed by atoms with van der Waals surface area (Å²) >= 11 is 1.46. The van der Waals surface area contributed by atoms with Crippen LogP contribution in [0.15, 0.2) is 66.3 Å². The number of piperazine rings is 1. The number of nitrogens with zero attached hydrogens (tertiary/aromatic N) is 3. The highest BCUT2D eigenvalue weighted by Gasteiger charge is 2.27. The number of carbonyl (C=O) groups is 2. The predicted octanol–water partition coefficient (Wildman–Crippen LogP) is 3.14. The first kappa shape index (κ1) is 16.6. The Morgan fingerprint density at radius 2 is 1.38 bits per heavy atom. The van der Waals surface area contributed by atoms with Gasteiger partial charge in [-0.1, -0.05) is 18.2 Å². The summed E-state index contributed by atoms with van der Waals surface area (Å²) in [5.74, 6) is 0.0670. The van der Waals surface area contributed by atoms with Gasteiger partial charge >= 0.3 is 0 Å². The molecule has 0 spiro atoms. The van der Waals surface area contributed by atoms with Crippen LogP contribution in [0.3, 0.4) is 0 Å². The van der Waals surface area contributed by atoms with Crippen molar-refractivity contribution in [2.24, 2.45) is 0 Å². The second-order valence-electron chi connectivity index (χ2n) is 6.18. The third kappa shape index (κ3) is 3.15. The van der Waals surface area contributed by atoms with Crippen LogP contribution in [0.25, 0.3) is 5.69 Å². The second kappa shape index (κ2) is 7.17. The molecule has 132 valence electrons. The zero-order valence-corrected chi connectivity index (χ0v) is 15.1. The molecule has 2 amide bonds. The normalized spacial score (nSPS) is 14.5. The van der Waals surface area contributed by atoms with Gasteiger partial charge in [0.25, 0.3) is 11.8 Å². The fourth-order valence-corrected chi connectivity index (χ4v) is 4.04. The van der Waals surface area contributed by atoms with Crippen molar-refractivity contribution in [3.05, 3.63) is 76.7 Å². The van der Waals surface area contributed by atoms with Gasteiger partial charge in [0.1, 0.15) is 4.88 Å². The Bertz CT molecular complexity index is 894. The van der Waals surface area contributed by atoms with Crippen LogP contribution in [-0.4, -0.2) is 52.4 Å². The standard InChI is InChI=1S/C20H19N3O2S/c24-19(16-6-2-1-3-7-16)22-11-13-23(14-12-22)20(25)18-17(8-15-26-18)21-9-4-5-10-21/h1-10,15H,11-14H2. The summed E-state index contributed by atoms with van der Waals surface area (Å²) in [5.41, 5.74) is 1.60. The lowest BCUT2D eigenvalue weighted by Crippen LogP contribution is -2.50. The lowest BCUT2D eigenvalue weighted by Gasteiger charge is -2.34. The number of benzene rings is 1. The Morgan fingerprint density at radius 3 is 2.04 bits per heavy atom. The van der Waals surface area contributed by atoms with Crippen LogP contribution in [0.4, 0.5) is 0 Å². The van der Waals surface area contributed by atoms with Gasteiger partial charge in [-0.25, -0.2) is 0 Å². The van der Waals surface area contributed by atoms with Crippen molar-refractivity contribution in [1.29, 1.82) is 0 Å². The van der Waals surface area contributed by atoms with Crippen LogP contribution in [0, 0.1) is 0 Å². The van der Waals surface area contributed by atoms with Gasteiger partial charge < -0.3 is 14.4 Å². The molecule has 1 aliphatic rings. The lowest BCUT2D eigenvalue weighted by atomic mass is 10.2. The van der Waals surface area contributed by atoms with E-state index in [1.54, 1.807) is 0 Å². The molecule has 2 aromatic heterocycles. The van der Waals surface area contributed by atoms with Crippen LogP contribution >= 0.6 is 11.3 Å². The smallest absolute Gasteiger partial charge is 0.266 e. The average Bonchev–Trinajstić information content (AvgIpc) is 3.39. The monoisotopic (exact) mass is 365 g/mol. The van der Waals surface area contributed by atoms with Gasteiger partial charge in [-0.3, -0.25) is 9.59 Å². The Labute approximate surface area is 156 Å². The largest absolute Gasteiger partial charge is 0.335 e. The molecule has 5 nitrogen and oxygen atoms in total. The number of thiophene rings is 1. The molecule has 0 atom stereocenters. The second-order valence-corrected chi connectivity index (χ2v) is 7.09. The Balaban J connectivity index is 1.43. The van der Waals surface area contributed by atoms with Gasteiger partial charge in [-0.05, 0) is 35.7 Å². The third-order valence-corrected chi connectivity index (χ3v) is 5.49. The van der Waals surface area contributed by atoms with Crippen molar-refractivity contribution in [2.75, 3.05) is 26.2 Å². The van der Waals surface area contributed by atoms with E-state index in [1.165, 1.54) is 11.3 Å². The molecule has 1 aromatic carbocycles. The SMILES string of the molecule is O=C(c1ccccc1)N1CCN(C(=O)c2sccc2-n2cccc2)CC1. The summed E-state index contributed by atoms with van der Waals surface area (Å²) in [6.07, 6.45) is 3.88. The van der Waals surface area contributed by atoms with Gasteiger partial charge in [0.2, 0.25) is 0 Å². The maximum absolute atomic E-state index is 12.9. The average molecular weight is 365 g/mol. The molecule has 0 aliphatic carbocycles. The zero-order valence-electron chi connectivity index (χ0n) is 14.2. The van der Waals surface area contributed by atoms with E-state index in [0.29, 0.717) is 31.7 Å².